The third kappa shape index (κ3) is 2.80. The van der Waals surface area contributed by atoms with Gasteiger partial charge in [-0.1, -0.05) is 11.6 Å². The van der Waals surface area contributed by atoms with E-state index in [0.29, 0.717) is 29.3 Å². The largest absolute Gasteiger partial charge is 0.444 e. The van der Waals surface area contributed by atoms with Crippen molar-refractivity contribution in [3.8, 4) is 0 Å². The molecule has 5 nitrogen and oxygen atoms in total. The predicted octanol–water partition coefficient (Wildman–Crippen LogP) is 3.05. The zero-order valence-corrected chi connectivity index (χ0v) is 12.9. The van der Waals surface area contributed by atoms with Gasteiger partial charge in [0.2, 0.25) is 0 Å². The molecule has 100 valence electrons. The van der Waals surface area contributed by atoms with E-state index in [1.165, 1.54) is 0 Å². The summed E-state index contributed by atoms with van der Waals surface area (Å²) in [6, 6.07) is 0. The second-order valence-electron chi connectivity index (χ2n) is 5.18. The zero-order valence-electron chi connectivity index (χ0n) is 10.5. The van der Waals surface area contributed by atoms with Crippen molar-refractivity contribution in [3.05, 3.63) is 15.3 Å². The normalized spacial score (nSPS) is 15.5. The first-order valence-corrected chi connectivity index (χ1v) is 6.83. The highest BCUT2D eigenvalue weighted by atomic mass is 79.9. The number of hydrogen-bond donors (Lipinski definition) is 0. The number of amides is 1. The Labute approximate surface area is 119 Å². The van der Waals surface area contributed by atoms with E-state index in [2.05, 4.69) is 21.0 Å². The number of halogens is 2. The molecule has 0 bridgehead atoms. The van der Waals surface area contributed by atoms with Gasteiger partial charge in [0, 0.05) is 6.54 Å². The molecule has 0 aliphatic carbocycles. The van der Waals surface area contributed by atoms with Crippen LogP contribution in [0.4, 0.5) is 4.79 Å². The van der Waals surface area contributed by atoms with Crippen LogP contribution in [0.1, 0.15) is 26.5 Å². The van der Waals surface area contributed by atoms with Crippen molar-refractivity contribution in [2.75, 3.05) is 6.54 Å². The van der Waals surface area contributed by atoms with Crippen LogP contribution in [0.3, 0.4) is 0 Å². The Kier molecular flexibility index (Phi) is 3.60. The molecule has 0 fully saturated rings. The van der Waals surface area contributed by atoms with Crippen LogP contribution in [0.15, 0.2) is 4.60 Å². The van der Waals surface area contributed by atoms with Crippen LogP contribution < -0.4 is 0 Å². The molecule has 0 saturated heterocycles. The van der Waals surface area contributed by atoms with Crippen LogP contribution in [-0.4, -0.2) is 32.9 Å². The Morgan fingerprint density at radius 1 is 1.44 bits per heavy atom. The predicted molar refractivity (Wildman–Crippen MR) is 71.6 cm³/mol. The summed E-state index contributed by atoms with van der Waals surface area (Å²) >= 11 is 9.40. The van der Waals surface area contributed by atoms with Gasteiger partial charge in [0.25, 0.3) is 0 Å². The number of ether oxygens (including phenoxy) is 1. The summed E-state index contributed by atoms with van der Waals surface area (Å²) in [6.45, 7) is 7.17. The van der Waals surface area contributed by atoms with E-state index in [9.17, 15) is 4.79 Å². The van der Waals surface area contributed by atoms with Gasteiger partial charge in [0.15, 0.2) is 0 Å². The van der Waals surface area contributed by atoms with Gasteiger partial charge in [0.1, 0.15) is 10.2 Å². The fraction of sp³-hybridized carbons (Fsp3) is 0.636. The monoisotopic (exact) mass is 335 g/mol. The fourth-order valence-corrected chi connectivity index (χ4v) is 2.35. The minimum absolute atomic E-state index is 0.317. The molecule has 1 aromatic rings. The zero-order chi connectivity index (χ0) is 13.5. The molecule has 0 aromatic carbocycles. The third-order valence-corrected chi connectivity index (χ3v) is 3.71. The lowest BCUT2D eigenvalue weighted by atomic mass is 10.2. The molecule has 0 N–H and O–H groups in total. The van der Waals surface area contributed by atoms with Gasteiger partial charge in [-0.25, -0.2) is 4.79 Å². The van der Waals surface area contributed by atoms with E-state index in [1.54, 1.807) is 4.90 Å². The van der Waals surface area contributed by atoms with E-state index in [4.69, 9.17) is 16.3 Å². The smallest absolute Gasteiger partial charge is 0.410 e. The molecule has 0 saturated carbocycles. The minimum atomic E-state index is -0.487. The van der Waals surface area contributed by atoms with Gasteiger partial charge in [-0.3, -0.25) is 4.68 Å². The Hall–Kier alpha value is -0.750. The average molecular weight is 337 g/mol. The Balaban J connectivity index is 2.12. The van der Waals surface area contributed by atoms with Gasteiger partial charge in [-0.05, 0) is 36.7 Å². The number of aromatic nitrogens is 2. The number of nitrogens with zero attached hydrogens (tertiary/aromatic N) is 3. The van der Waals surface area contributed by atoms with Gasteiger partial charge in [-0.15, -0.1) is 0 Å². The van der Waals surface area contributed by atoms with Crippen molar-refractivity contribution in [2.45, 2.75) is 39.5 Å². The molecule has 1 aliphatic heterocycles. The van der Waals surface area contributed by atoms with Crippen LogP contribution in [0.2, 0.25) is 5.02 Å². The maximum Gasteiger partial charge on any atom is 0.410 e. The summed E-state index contributed by atoms with van der Waals surface area (Å²) in [7, 11) is 0. The molecule has 2 rings (SSSR count). The van der Waals surface area contributed by atoms with E-state index in [0.717, 1.165) is 5.69 Å². The van der Waals surface area contributed by atoms with Gasteiger partial charge >= 0.3 is 6.09 Å². The molecule has 1 amide bonds. The van der Waals surface area contributed by atoms with E-state index in [-0.39, 0.29) is 6.09 Å². The first kappa shape index (κ1) is 13.7. The SMILES string of the molecule is CC(C)(C)OC(=O)N1CCn2nc(Br)c(Cl)c2C1. The van der Waals surface area contributed by atoms with Crippen molar-refractivity contribution in [1.29, 1.82) is 0 Å². The van der Waals surface area contributed by atoms with Crippen molar-refractivity contribution in [3.63, 3.8) is 0 Å². The second kappa shape index (κ2) is 4.74. The Bertz CT molecular complexity index is 481. The van der Waals surface area contributed by atoms with E-state index in [1.807, 2.05) is 25.5 Å². The van der Waals surface area contributed by atoms with Crippen molar-refractivity contribution in [1.82, 2.24) is 14.7 Å². The quantitative estimate of drug-likeness (QED) is 0.731. The number of fused-ring (bicyclic) bond motifs is 1. The Morgan fingerprint density at radius 3 is 2.72 bits per heavy atom. The molecule has 7 heteroatoms. The maximum atomic E-state index is 12.0. The summed E-state index contributed by atoms with van der Waals surface area (Å²) in [5.41, 5.74) is 0.347. The van der Waals surface area contributed by atoms with Crippen LogP contribution in [0.25, 0.3) is 0 Å². The first-order chi connectivity index (χ1) is 8.28. The lowest BCUT2D eigenvalue weighted by molar-refractivity contribution is 0.0194. The summed E-state index contributed by atoms with van der Waals surface area (Å²) in [6.07, 6.45) is -0.317. The molecule has 18 heavy (non-hydrogen) atoms. The summed E-state index contributed by atoms with van der Waals surface area (Å²) < 4.78 is 7.77. The highest BCUT2D eigenvalue weighted by Gasteiger charge is 2.28. The van der Waals surface area contributed by atoms with Crippen LogP contribution >= 0.6 is 27.5 Å². The highest BCUT2D eigenvalue weighted by molar-refractivity contribution is 9.10. The number of rotatable bonds is 0. The number of hydrogen-bond acceptors (Lipinski definition) is 3. The summed E-state index contributed by atoms with van der Waals surface area (Å²) in [5, 5.41) is 4.80. The molecular formula is C11H15BrClN3O2. The molecule has 0 radical (unpaired) electrons. The van der Waals surface area contributed by atoms with E-state index >= 15 is 0 Å². The average Bonchev–Trinajstić information content (AvgIpc) is 2.52. The molecule has 0 unspecified atom stereocenters. The van der Waals surface area contributed by atoms with Gasteiger partial charge < -0.3 is 9.64 Å². The standard InChI is InChI=1S/C11H15BrClN3O2/c1-11(2,3)18-10(17)15-4-5-16-7(6-15)8(13)9(12)14-16/h4-6H2,1-3H3. The topological polar surface area (TPSA) is 47.4 Å². The summed E-state index contributed by atoms with van der Waals surface area (Å²) in [5.74, 6) is 0. The van der Waals surface area contributed by atoms with Crippen molar-refractivity contribution >= 4 is 33.6 Å². The molecule has 1 aromatic heterocycles. The molecule has 1 aliphatic rings. The fourth-order valence-electron chi connectivity index (χ4n) is 1.74. The molecule has 0 spiro atoms. The summed E-state index contributed by atoms with van der Waals surface area (Å²) in [4.78, 5) is 13.6. The lowest BCUT2D eigenvalue weighted by Gasteiger charge is -2.30. The number of carbonyl (C=O) groups is 1. The van der Waals surface area contributed by atoms with Crippen molar-refractivity contribution in [2.24, 2.45) is 0 Å². The minimum Gasteiger partial charge on any atom is -0.444 e. The molecule has 2 heterocycles. The maximum absolute atomic E-state index is 12.0. The lowest BCUT2D eigenvalue weighted by Crippen LogP contribution is -2.41. The van der Waals surface area contributed by atoms with Gasteiger partial charge in [0.05, 0.1) is 23.8 Å². The third-order valence-electron chi connectivity index (χ3n) is 2.53. The van der Waals surface area contributed by atoms with Crippen LogP contribution in [0, 0.1) is 0 Å². The molecular weight excluding hydrogens is 321 g/mol. The van der Waals surface area contributed by atoms with Crippen LogP contribution in [-0.2, 0) is 17.8 Å². The molecule has 0 atom stereocenters. The number of carbonyl (C=O) groups excluding carboxylic acids is 1. The van der Waals surface area contributed by atoms with Gasteiger partial charge in [-0.2, -0.15) is 5.10 Å². The highest BCUT2D eigenvalue weighted by Crippen LogP contribution is 2.29. The second-order valence-corrected chi connectivity index (χ2v) is 6.31. The van der Waals surface area contributed by atoms with Crippen LogP contribution in [0.5, 0.6) is 0 Å². The van der Waals surface area contributed by atoms with E-state index < -0.39 is 5.60 Å². The first-order valence-electron chi connectivity index (χ1n) is 5.66. The Morgan fingerprint density at radius 2 is 2.11 bits per heavy atom. The van der Waals surface area contributed by atoms with Crippen molar-refractivity contribution < 1.29 is 9.53 Å².